The Kier molecular flexibility index (Phi) is 7.66. The van der Waals surface area contributed by atoms with Crippen LogP contribution in [0.5, 0.6) is 0 Å². The fourth-order valence-electron chi connectivity index (χ4n) is 2.50. The van der Waals surface area contributed by atoms with Gasteiger partial charge < -0.3 is 10.2 Å². The molecule has 2 rings (SSSR count). The molecule has 0 bridgehead atoms. The van der Waals surface area contributed by atoms with Crippen molar-refractivity contribution >= 4 is 15.8 Å². The van der Waals surface area contributed by atoms with E-state index in [2.05, 4.69) is 10.3 Å². The molecule has 0 aliphatic carbocycles. The van der Waals surface area contributed by atoms with Gasteiger partial charge in [0.15, 0.2) is 15.8 Å². The molecule has 0 spiro atoms. The molecule has 2 aromatic carbocycles. The van der Waals surface area contributed by atoms with Crippen LogP contribution in [0.3, 0.4) is 0 Å². The Morgan fingerprint density at radius 2 is 1.54 bits per heavy atom. The van der Waals surface area contributed by atoms with Crippen LogP contribution in [0.4, 0.5) is 0 Å². The van der Waals surface area contributed by atoms with E-state index in [1.807, 2.05) is 79.7 Å². The minimum absolute atomic E-state index is 0.0937. The lowest BCUT2D eigenvalue weighted by atomic mass is 10.2. The Bertz CT molecular complexity index is 788. The average molecular weight is 374 g/mol. The molecule has 6 heteroatoms. The highest BCUT2D eigenvalue weighted by Gasteiger charge is 2.11. The summed E-state index contributed by atoms with van der Waals surface area (Å²) in [6.45, 7) is 1.16. The molecule has 2 aromatic rings. The van der Waals surface area contributed by atoms with Crippen LogP contribution >= 0.6 is 0 Å². The van der Waals surface area contributed by atoms with Crippen molar-refractivity contribution in [2.45, 2.75) is 18.7 Å². The molecule has 0 atom stereocenters. The van der Waals surface area contributed by atoms with Gasteiger partial charge in [-0.05, 0) is 17.5 Å². The van der Waals surface area contributed by atoms with Crippen LogP contribution in [-0.2, 0) is 22.1 Å². The van der Waals surface area contributed by atoms with E-state index in [0.717, 1.165) is 17.1 Å². The summed E-state index contributed by atoms with van der Waals surface area (Å²) >= 11 is 0. The van der Waals surface area contributed by atoms with Gasteiger partial charge in [-0.2, -0.15) is 0 Å². The lowest BCUT2D eigenvalue weighted by molar-refractivity contribution is 0.573. The molecular weight excluding hydrogens is 346 g/mol. The maximum absolute atomic E-state index is 12.2. The molecule has 0 unspecified atom stereocenters. The van der Waals surface area contributed by atoms with Crippen molar-refractivity contribution in [3.63, 3.8) is 0 Å². The number of rotatable bonds is 8. The first kappa shape index (κ1) is 20.0. The Labute approximate surface area is 156 Å². The molecule has 1 N–H and O–H groups in total. The number of guanidine groups is 1. The van der Waals surface area contributed by atoms with E-state index in [1.165, 1.54) is 0 Å². The molecule has 0 fully saturated rings. The van der Waals surface area contributed by atoms with Gasteiger partial charge in [-0.3, -0.25) is 0 Å². The Hall–Kier alpha value is -2.34. The third-order valence-corrected chi connectivity index (χ3v) is 5.51. The second-order valence-corrected chi connectivity index (χ2v) is 8.56. The van der Waals surface area contributed by atoms with Crippen molar-refractivity contribution < 1.29 is 8.42 Å². The number of sulfone groups is 1. The molecule has 0 saturated heterocycles. The quantitative estimate of drug-likeness (QED) is 0.439. The SMILES string of the molecule is CN(C)C(=NCc1ccccc1)NCCCS(=O)(=O)Cc1ccccc1. The topological polar surface area (TPSA) is 61.8 Å². The fourth-order valence-corrected chi connectivity index (χ4v) is 3.93. The zero-order chi connectivity index (χ0) is 18.8. The molecule has 0 radical (unpaired) electrons. The van der Waals surface area contributed by atoms with Gasteiger partial charge in [-0.15, -0.1) is 0 Å². The molecule has 0 aliphatic rings. The molecule has 5 nitrogen and oxygen atoms in total. The van der Waals surface area contributed by atoms with Gasteiger partial charge in [0.05, 0.1) is 18.1 Å². The van der Waals surface area contributed by atoms with E-state index in [-0.39, 0.29) is 11.5 Å². The van der Waals surface area contributed by atoms with Gasteiger partial charge in [0.2, 0.25) is 0 Å². The van der Waals surface area contributed by atoms with Crippen LogP contribution in [0, 0.1) is 0 Å². The highest BCUT2D eigenvalue weighted by atomic mass is 32.2. The van der Waals surface area contributed by atoms with Crippen LogP contribution in [0.15, 0.2) is 65.7 Å². The van der Waals surface area contributed by atoms with Crippen LogP contribution in [0.25, 0.3) is 0 Å². The minimum Gasteiger partial charge on any atom is -0.356 e. The van der Waals surface area contributed by atoms with Gasteiger partial charge in [-0.1, -0.05) is 60.7 Å². The zero-order valence-electron chi connectivity index (χ0n) is 15.4. The Morgan fingerprint density at radius 1 is 0.962 bits per heavy atom. The van der Waals surface area contributed by atoms with Crippen LogP contribution in [-0.4, -0.2) is 45.7 Å². The highest BCUT2D eigenvalue weighted by molar-refractivity contribution is 7.90. The van der Waals surface area contributed by atoms with Gasteiger partial charge in [0, 0.05) is 20.6 Å². The molecule has 0 aliphatic heterocycles. The monoisotopic (exact) mass is 373 g/mol. The molecule has 0 heterocycles. The van der Waals surface area contributed by atoms with E-state index in [1.54, 1.807) is 0 Å². The number of nitrogens with one attached hydrogen (secondary N) is 1. The maximum Gasteiger partial charge on any atom is 0.193 e. The van der Waals surface area contributed by atoms with Gasteiger partial charge in [-0.25, -0.2) is 13.4 Å². The summed E-state index contributed by atoms with van der Waals surface area (Å²) in [6.07, 6.45) is 0.549. The van der Waals surface area contributed by atoms with E-state index in [0.29, 0.717) is 19.5 Å². The lowest BCUT2D eigenvalue weighted by Crippen LogP contribution is -2.37. The van der Waals surface area contributed by atoms with Crippen molar-refractivity contribution in [2.24, 2.45) is 4.99 Å². The summed E-state index contributed by atoms with van der Waals surface area (Å²) < 4.78 is 24.4. The number of benzene rings is 2. The Balaban J connectivity index is 1.80. The van der Waals surface area contributed by atoms with Gasteiger partial charge >= 0.3 is 0 Å². The molecule has 0 saturated carbocycles. The number of aliphatic imine (C=N–C) groups is 1. The zero-order valence-corrected chi connectivity index (χ0v) is 16.2. The molecule has 0 amide bonds. The number of hydrogen-bond donors (Lipinski definition) is 1. The summed E-state index contributed by atoms with van der Waals surface area (Å²) in [5.41, 5.74) is 1.97. The fraction of sp³-hybridized carbons (Fsp3) is 0.350. The maximum atomic E-state index is 12.2. The van der Waals surface area contributed by atoms with E-state index in [4.69, 9.17) is 0 Å². The average Bonchev–Trinajstić information content (AvgIpc) is 2.62. The van der Waals surface area contributed by atoms with Crippen LogP contribution in [0.1, 0.15) is 17.5 Å². The molecular formula is C20H27N3O2S. The first-order valence-electron chi connectivity index (χ1n) is 8.70. The van der Waals surface area contributed by atoms with Gasteiger partial charge in [0.1, 0.15) is 0 Å². The van der Waals surface area contributed by atoms with Gasteiger partial charge in [0.25, 0.3) is 0 Å². The smallest absolute Gasteiger partial charge is 0.193 e. The minimum atomic E-state index is -3.10. The summed E-state index contributed by atoms with van der Waals surface area (Å²) in [7, 11) is 0.738. The Morgan fingerprint density at radius 3 is 2.12 bits per heavy atom. The van der Waals surface area contributed by atoms with Crippen LogP contribution in [0.2, 0.25) is 0 Å². The predicted octanol–water partition coefficient (Wildman–Crippen LogP) is 2.70. The lowest BCUT2D eigenvalue weighted by Gasteiger charge is -2.17. The first-order chi connectivity index (χ1) is 12.5. The summed E-state index contributed by atoms with van der Waals surface area (Å²) in [5, 5.41) is 3.24. The summed E-state index contributed by atoms with van der Waals surface area (Å²) in [4.78, 5) is 6.48. The molecule has 0 aromatic heterocycles. The summed E-state index contributed by atoms with van der Waals surface area (Å²) in [6, 6.07) is 19.3. The highest BCUT2D eigenvalue weighted by Crippen LogP contribution is 2.07. The van der Waals surface area contributed by atoms with E-state index in [9.17, 15) is 8.42 Å². The number of hydrogen-bond acceptors (Lipinski definition) is 3. The van der Waals surface area contributed by atoms with Crippen molar-refractivity contribution in [2.75, 3.05) is 26.4 Å². The van der Waals surface area contributed by atoms with Crippen molar-refractivity contribution in [1.29, 1.82) is 0 Å². The first-order valence-corrected chi connectivity index (χ1v) is 10.5. The van der Waals surface area contributed by atoms with Crippen LogP contribution < -0.4 is 5.32 Å². The number of nitrogens with zero attached hydrogens (tertiary/aromatic N) is 2. The second-order valence-electron chi connectivity index (χ2n) is 6.38. The normalized spacial score (nSPS) is 12.0. The van der Waals surface area contributed by atoms with E-state index >= 15 is 0 Å². The third kappa shape index (κ3) is 7.27. The summed E-state index contributed by atoms with van der Waals surface area (Å²) in [5.74, 6) is 1.01. The molecule has 140 valence electrons. The van der Waals surface area contributed by atoms with Crippen molar-refractivity contribution in [3.8, 4) is 0 Å². The standard InChI is InChI=1S/C20H27N3O2S/c1-23(2)20(22-16-18-10-5-3-6-11-18)21-14-9-15-26(24,25)17-19-12-7-4-8-13-19/h3-8,10-13H,9,14-17H2,1-2H3,(H,21,22). The van der Waals surface area contributed by atoms with Crippen molar-refractivity contribution in [1.82, 2.24) is 10.2 Å². The molecule has 26 heavy (non-hydrogen) atoms. The second kappa shape index (κ2) is 9.97. The van der Waals surface area contributed by atoms with E-state index < -0.39 is 9.84 Å². The largest absolute Gasteiger partial charge is 0.356 e. The third-order valence-electron chi connectivity index (χ3n) is 3.82. The predicted molar refractivity (Wildman–Crippen MR) is 108 cm³/mol. The van der Waals surface area contributed by atoms with Crippen molar-refractivity contribution in [3.05, 3.63) is 71.8 Å².